The maximum atomic E-state index is 13.1. The number of amides is 1. The van der Waals surface area contributed by atoms with Crippen molar-refractivity contribution in [2.75, 3.05) is 12.0 Å². The molecule has 0 fully saturated rings. The van der Waals surface area contributed by atoms with E-state index in [1.165, 1.54) is 12.1 Å². The summed E-state index contributed by atoms with van der Waals surface area (Å²) in [5.74, 6) is 0.267. The fourth-order valence-electron chi connectivity index (χ4n) is 2.65. The predicted octanol–water partition coefficient (Wildman–Crippen LogP) is 4.01. The number of halogens is 1. The van der Waals surface area contributed by atoms with Gasteiger partial charge in [-0.3, -0.25) is 9.78 Å². The molecule has 1 heterocycles. The van der Waals surface area contributed by atoms with Crippen molar-refractivity contribution < 1.29 is 13.9 Å². The highest BCUT2D eigenvalue weighted by molar-refractivity contribution is 5.94. The Kier molecular flexibility index (Phi) is 5.59. The standard InChI is InChI=1S/C21H19FN2O2/c1-26-20-6-2-5-19(13-20)24(15-17-4-3-11-23-14-17)21(25)12-16-7-9-18(22)10-8-16/h2-11,13-14H,12,15H2,1H3. The van der Waals surface area contributed by atoms with Gasteiger partial charge < -0.3 is 9.64 Å². The molecule has 2 aromatic carbocycles. The Morgan fingerprint density at radius 2 is 1.88 bits per heavy atom. The molecule has 3 rings (SSSR count). The van der Waals surface area contributed by atoms with Crippen LogP contribution in [0.1, 0.15) is 11.1 Å². The molecule has 0 aliphatic rings. The van der Waals surface area contributed by atoms with E-state index in [2.05, 4.69) is 4.98 Å². The lowest BCUT2D eigenvalue weighted by Crippen LogP contribution is -2.31. The van der Waals surface area contributed by atoms with Crippen LogP contribution in [0.5, 0.6) is 5.75 Å². The van der Waals surface area contributed by atoms with Crippen molar-refractivity contribution in [3.8, 4) is 5.75 Å². The van der Waals surface area contributed by atoms with E-state index >= 15 is 0 Å². The highest BCUT2D eigenvalue weighted by Crippen LogP contribution is 2.23. The van der Waals surface area contributed by atoms with Crippen LogP contribution in [-0.4, -0.2) is 18.0 Å². The molecule has 3 aromatic rings. The summed E-state index contributed by atoms with van der Waals surface area (Å²) in [6.45, 7) is 0.390. The Labute approximate surface area is 151 Å². The van der Waals surface area contributed by atoms with Crippen molar-refractivity contribution in [1.29, 1.82) is 0 Å². The molecule has 4 nitrogen and oxygen atoms in total. The van der Waals surface area contributed by atoms with Gasteiger partial charge in [0.25, 0.3) is 0 Å². The van der Waals surface area contributed by atoms with Crippen molar-refractivity contribution in [3.05, 3.63) is 90.0 Å². The maximum absolute atomic E-state index is 13.1. The topological polar surface area (TPSA) is 42.4 Å². The van der Waals surface area contributed by atoms with Crippen LogP contribution in [0.4, 0.5) is 10.1 Å². The normalized spacial score (nSPS) is 10.4. The van der Waals surface area contributed by atoms with Gasteiger partial charge in [0, 0.05) is 24.1 Å². The fourth-order valence-corrected chi connectivity index (χ4v) is 2.65. The van der Waals surface area contributed by atoms with E-state index in [0.29, 0.717) is 12.3 Å². The third kappa shape index (κ3) is 4.45. The summed E-state index contributed by atoms with van der Waals surface area (Å²) < 4.78 is 18.4. The van der Waals surface area contributed by atoms with Crippen molar-refractivity contribution in [3.63, 3.8) is 0 Å². The van der Waals surface area contributed by atoms with Crippen molar-refractivity contribution in [2.45, 2.75) is 13.0 Å². The van der Waals surface area contributed by atoms with Crippen molar-refractivity contribution in [1.82, 2.24) is 4.98 Å². The van der Waals surface area contributed by atoms with Crippen molar-refractivity contribution >= 4 is 11.6 Å². The highest BCUT2D eigenvalue weighted by Gasteiger charge is 2.17. The Hall–Kier alpha value is -3.21. The van der Waals surface area contributed by atoms with Crippen LogP contribution in [0.3, 0.4) is 0 Å². The lowest BCUT2D eigenvalue weighted by atomic mass is 10.1. The van der Waals surface area contributed by atoms with Crippen LogP contribution in [0.15, 0.2) is 73.1 Å². The summed E-state index contributed by atoms with van der Waals surface area (Å²) in [5.41, 5.74) is 2.42. The lowest BCUT2D eigenvalue weighted by Gasteiger charge is -2.23. The number of pyridine rings is 1. The van der Waals surface area contributed by atoms with Gasteiger partial charge in [-0.1, -0.05) is 24.3 Å². The third-order valence-electron chi connectivity index (χ3n) is 4.00. The number of hydrogen-bond donors (Lipinski definition) is 0. The summed E-state index contributed by atoms with van der Waals surface area (Å²) in [6, 6.07) is 17.1. The second kappa shape index (κ2) is 8.25. The molecule has 0 N–H and O–H groups in total. The molecule has 0 saturated carbocycles. The number of hydrogen-bond acceptors (Lipinski definition) is 3. The Morgan fingerprint density at radius 1 is 1.08 bits per heavy atom. The first kappa shape index (κ1) is 17.6. The molecule has 0 spiro atoms. The van der Waals surface area contributed by atoms with Crippen LogP contribution in [0, 0.1) is 5.82 Å². The molecule has 0 unspecified atom stereocenters. The molecule has 132 valence electrons. The molecular weight excluding hydrogens is 331 g/mol. The van der Waals surface area contributed by atoms with Gasteiger partial charge in [-0.25, -0.2) is 4.39 Å². The minimum Gasteiger partial charge on any atom is -0.497 e. The molecule has 0 aliphatic heterocycles. The molecule has 5 heteroatoms. The van der Waals surface area contributed by atoms with E-state index in [1.807, 2.05) is 36.4 Å². The van der Waals surface area contributed by atoms with E-state index < -0.39 is 0 Å². The summed E-state index contributed by atoms with van der Waals surface area (Å²) >= 11 is 0. The number of anilines is 1. The van der Waals surface area contributed by atoms with Gasteiger partial charge in [-0.15, -0.1) is 0 Å². The van der Waals surface area contributed by atoms with Gasteiger partial charge in [-0.05, 0) is 41.5 Å². The smallest absolute Gasteiger partial charge is 0.231 e. The Morgan fingerprint density at radius 3 is 2.58 bits per heavy atom. The largest absolute Gasteiger partial charge is 0.497 e. The first-order valence-electron chi connectivity index (χ1n) is 8.23. The van der Waals surface area contributed by atoms with Gasteiger partial charge in [0.2, 0.25) is 5.91 Å². The minimum absolute atomic E-state index is 0.0892. The molecule has 0 radical (unpaired) electrons. The van der Waals surface area contributed by atoms with E-state index in [-0.39, 0.29) is 18.1 Å². The molecule has 0 bridgehead atoms. The molecule has 0 saturated heterocycles. The van der Waals surface area contributed by atoms with Gasteiger partial charge in [0.15, 0.2) is 0 Å². The van der Waals surface area contributed by atoms with E-state index in [1.54, 1.807) is 36.5 Å². The van der Waals surface area contributed by atoms with E-state index in [4.69, 9.17) is 4.74 Å². The Bertz CT molecular complexity index is 867. The number of carbonyl (C=O) groups excluding carboxylic acids is 1. The zero-order chi connectivity index (χ0) is 18.4. The van der Waals surface area contributed by atoms with Gasteiger partial charge in [-0.2, -0.15) is 0 Å². The maximum Gasteiger partial charge on any atom is 0.231 e. The zero-order valence-electron chi connectivity index (χ0n) is 14.4. The van der Waals surface area contributed by atoms with Crippen LogP contribution >= 0.6 is 0 Å². The number of ether oxygens (including phenoxy) is 1. The number of aromatic nitrogens is 1. The SMILES string of the molecule is COc1cccc(N(Cc2cccnc2)C(=O)Cc2ccc(F)cc2)c1. The van der Waals surface area contributed by atoms with Gasteiger partial charge in [0.1, 0.15) is 11.6 Å². The Balaban J connectivity index is 1.88. The van der Waals surface area contributed by atoms with Crippen LogP contribution < -0.4 is 9.64 Å². The second-order valence-electron chi connectivity index (χ2n) is 5.85. The van der Waals surface area contributed by atoms with Gasteiger partial charge >= 0.3 is 0 Å². The summed E-state index contributed by atoms with van der Waals surface area (Å²) in [6.07, 6.45) is 3.61. The highest BCUT2D eigenvalue weighted by atomic mass is 19.1. The number of benzene rings is 2. The lowest BCUT2D eigenvalue weighted by molar-refractivity contribution is -0.118. The first-order valence-corrected chi connectivity index (χ1v) is 8.23. The number of rotatable bonds is 6. The molecular formula is C21H19FN2O2. The minimum atomic E-state index is -0.318. The molecule has 0 atom stereocenters. The molecule has 0 aliphatic carbocycles. The van der Waals surface area contributed by atoms with Crippen LogP contribution in [0.2, 0.25) is 0 Å². The molecule has 1 amide bonds. The van der Waals surface area contributed by atoms with Crippen LogP contribution in [-0.2, 0) is 17.8 Å². The van der Waals surface area contributed by atoms with E-state index in [0.717, 1.165) is 16.8 Å². The summed E-state index contributed by atoms with van der Waals surface area (Å²) in [7, 11) is 1.59. The zero-order valence-corrected chi connectivity index (χ0v) is 14.4. The fraction of sp³-hybridized carbons (Fsp3) is 0.143. The van der Waals surface area contributed by atoms with E-state index in [9.17, 15) is 9.18 Å². The number of methoxy groups -OCH3 is 1. The average molecular weight is 350 g/mol. The number of nitrogens with zero attached hydrogens (tertiary/aromatic N) is 2. The van der Waals surface area contributed by atoms with Crippen molar-refractivity contribution in [2.24, 2.45) is 0 Å². The summed E-state index contributed by atoms with van der Waals surface area (Å²) in [5, 5.41) is 0. The third-order valence-corrected chi connectivity index (χ3v) is 4.00. The second-order valence-corrected chi connectivity index (χ2v) is 5.85. The average Bonchev–Trinajstić information content (AvgIpc) is 2.68. The monoisotopic (exact) mass is 350 g/mol. The first-order chi connectivity index (χ1) is 12.7. The van der Waals surface area contributed by atoms with Gasteiger partial charge in [0.05, 0.1) is 20.1 Å². The quantitative estimate of drug-likeness (QED) is 0.675. The van der Waals surface area contributed by atoms with Crippen LogP contribution in [0.25, 0.3) is 0 Å². The number of carbonyl (C=O) groups is 1. The predicted molar refractivity (Wildman–Crippen MR) is 98.5 cm³/mol. The summed E-state index contributed by atoms with van der Waals surface area (Å²) in [4.78, 5) is 18.8. The molecule has 26 heavy (non-hydrogen) atoms. The molecule has 1 aromatic heterocycles.